The first-order valence-corrected chi connectivity index (χ1v) is 8.70. The second-order valence-corrected chi connectivity index (χ2v) is 6.53. The topological polar surface area (TPSA) is 49.4 Å². The Balaban J connectivity index is 1.74. The van der Waals surface area contributed by atoms with E-state index in [1.807, 2.05) is 53.4 Å². The fraction of sp³-hybridized carbons (Fsp3) is 0.158. The number of carbonyl (C=O) groups excluding carboxylic acids is 2. The maximum Gasteiger partial charge on any atom is 0.258 e. The largest absolute Gasteiger partial charge is 0.348 e. The molecular formula is C19H18N2O2S. The maximum atomic E-state index is 12.8. The molecule has 2 amide bonds. The molecule has 3 rings (SSSR count). The summed E-state index contributed by atoms with van der Waals surface area (Å²) >= 11 is 1.78. The van der Waals surface area contributed by atoms with Crippen LogP contribution in [-0.4, -0.2) is 24.1 Å². The van der Waals surface area contributed by atoms with Crippen LogP contribution in [0.5, 0.6) is 0 Å². The molecule has 24 heavy (non-hydrogen) atoms. The molecular weight excluding hydrogens is 320 g/mol. The van der Waals surface area contributed by atoms with Crippen LogP contribution in [0, 0.1) is 0 Å². The van der Waals surface area contributed by atoms with Crippen LogP contribution in [0.2, 0.25) is 0 Å². The summed E-state index contributed by atoms with van der Waals surface area (Å²) in [5.74, 6) is 0.691. The van der Waals surface area contributed by atoms with Crippen LogP contribution in [0.4, 0.5) is 5.69 Å². The van der Waals surface area contributed by atoms with Gasteiger partial charge in [-0.2, -0.15) is 0 Å². The highest BCUT2D eigenvalue weighted by Gasteiger charge is 2.23. The number of para-hydroxylation sites is 1. The van der Waals surface area contributed by atoms with Gasteiger partial charge in [-0.25, -0.2) is 0 Å². The van der Waals surface area contributed by atoms with E-state index in [1.165, 1.54) is 6.08 Å². The van der Waals surface area contributed by atoms with E-state index in [4.69, 9.17) is 0 Å². The summed E-state index contributed by atoms with van der Waals surface area (Å²) in [5.41, 5.74) is 2.56. The molecule has 1 aliphatic rings. The van der Waals surface area contributed by atoms with Gasteiger partial charge in [0.25, 0.3) is 5.91 Å². The lowest BCUT2D eigenvalue weighted by atomic mass is 10.1. The Labute approximate surface area is 145 Å². The lowest BCUT2D eigenvalue weighted by Gasteiger charge is -2.29. The zero-order chi connectivity index (χ0) is 16.9. The predicted octanol–water partition coefficient (Wildman–Crippen LogP) is 3.24. The SMILES string of the molecule is C=CC(=O)NCc1ccc(C(=O)N2CCSc3ccccc32)cc1. The molecule has 0 aromatic heterocycles. The van der Waals surface area contributed by atoms with Crippen molar-refractivity contribution >= 4 is 29.3 Å². The van der Waals surface area contributed by atoms with Gasteiger partial charge >= 0.3 is 0 Å². The van der Waals surface area contributed by atoms with Crippen LogP contribution in [0.3, 0.4) is 0 Å². The average Bonchev–Trinajstić information content (AvgIpc) is 2.65. The van der Waals surface area contributed by atoms with Crippen molar-refractivity contribution in [1.29, 1.82) is 0 Å². The minimum absolute atomic E-state index is 0.00410. The van der Waals surface area contributed by atoms with Gasteiger partial charge in [-0.05, 0) is 35.9 Å². The minimum Gasteiger partial charge on any atom is -0.348 e. The van der Waals surface area contributed by atoms with Crippen LogP contribution in [0.1, 0.15) is 15.9 Å². The molecule has 0 unspecified atom stereocenters. The van der Waals surface area contributed by atoms with E-state index in [2.05, 4.69) is 11.9 Å². The Hall–Kier alpha value is -2.53. The third-order valence-corrected chi connectivity index (χ3v) is 4.87. The number of amides is 2. The molecule has 1 N–H and O–H groups in total. The Bertz CT molecular complexity index is 771. The third-order valence-electron chi connectivity index (χ3n) is 3.83. The molecule has 5 heteroatoms. The minimum atomic E-state index is -0.211. The fourth-order valence-electron chi connectivity index (χ4n) is 2.56. The number of anilines is 1. The second-order valence-electron chi connectivity index (χ2n) is 5.39. The number of nitrogens with one attached hydrogen (secondary N) is 1. The van der Waals surface area contributed by atoms with Crippen LogP contribution in [-0.2, 0) is 11.3 Å². The third kappa shape index (κ3) is 3.51. The zero-order valence-corrected chi connectivity index (χ0v) is 14.0. The van der Waals surface area contributed by atoms with E-state index in [0.717, 1.165) is 21.9 Å². The summed E-state index contributed by atoms with van der Waals surface area (Å²) in [6.45, 7) is 4.54. The lowest BCUT2D eigenvalue weighted by molar-refractivity contribution is -0.116. The Morgan fingerprint density at radius 3 is 2.67 bits per heavy atom. The summed E-state index contributed by atoms with van der Waals surface area (Å²) in [7, 11) is 0. The van der Waals surface area contributed by atoms with Crippen molar-refractivity contribution in [3.8, 4) is 0 Å². The maximum absolute atomic E-state index is 12.8. The smallest absolute Gasteiger partial charge is 0.258 e. The number of hydrogen-bond donors (Lipinski definition) is 1. The summed E-state index contributed by atoms with van der Waals surface area (Å²) in [5, 5.41) is 2.72. The van der Waals surface area contributed by atoms with Gasteiger partial charge in [0.05, 0.1) is 5.69 Å². The van der Waals surface area contributed by atoms with Gasteiger partial charge in [0.2, 0.25) is 5.91 Å². The molecule has 0 bridgehead atoms. The molecule has 4 nitrogen and oxygen atoms in total. The van der Waals surface area contributed by atoms with Crippen molar-refractivity contribution < 1.29 is 9.59 Å². The Morgan fingerprint density at radius 1 is 1.17 bits per heavy atom. The predicted molar refractivity (Wildman–Crippen MR) is 97.3 cm³/mol. The van der Waals surface area contributed by atoms with E-state index in [9.17, 15) is 9.59 Å². The van der Waals surface area contributed by atoms with Crippen molar-refractivity contribution in [1.82, 2.24) is 5.32 Å². The molecule has 0 radical (unpaired) electrons. The number of benzene rings is 2. The molecule has 0 atom stereocenters. The quantitative estimate of drug-likeness (QED) is 0.871. The van der Waals surface area contributed by atoms with Gasteiger partial charge in [0.1, 0.15) is 0 Å². The monoisotopic (exact) mass is 338 g/mol. The van der Waals surface area contributed by atoms with E-state index >= 15 is 0 Å². The second kappa shape index (κ2) is 7.36. The summed E-state index contributed by atoms with van der Waals surface area (Å²) in [4.78, 5) is 27.0. The van der Waals surface area contributed by atoms with Gasteiger partial charge < -0.3 is 10.2 Å². The van der Waals surface area contributed by atoms with Crippen molar-refractivity contribution in [3.05, 3.63) is 72.3 Å². The standard InChI is InChI=1S/C19H18N2O2S/c1-2-18(22)20-13-14-7-9-15(10-8-14)19(23)21-11-12-24-17-6-4-3-5-16(17)21/h2-10H,1,11-13H2,(H,20,22). The van der Waals surface area contributed by atoms with Crippen molar-refractivity contribution in [2.24, 2.45) is 0 Å². The Kier molecular flexibility index (Phi) is 5.01. The van der Waals surface area contributed by atoms with Crippen LogP contribution in [0.15, 0.2) is 66.1 Å². The van der Waals surface area contributed by atoms with E-state index in [1.54, 1.807) is 11.8 Å². The van der Waals surface area contributed by atoms with Crippen molar-refractivity contribution in [2.75, 3.05) is 17.2 Å². The molecule has 0 fully saturated rings. The van der Waals surface area contributed by atoms with Gasteiger partial charge in [-0.1, -0.05) is 30.8 Å². The van der Waals surface area contributed by atoms with Gasteiger partial charge in [0.15, 0.2) is 0 Å². The van der Waals surface area contributed by atoms with Crippen molar-refractivity contribution in [2.45, 2.75) is 11.4 Å². The highest BCUT2D eigenvalue weighted by atomic mass is 32.2. The van der Waals surface area contributed by atoms with E-state index in [-0.39, 0.29) is 11.8 Å². The number of thioether (sulfide) groups is 1. The molecule has 1 aliphatic heterocycles. The van der Waals surface area contributed by atoms with Crippen LogP contribution >= 0.6 is 11.8 Å². The highest BCUT2D eigenvalue weighted by Crippen LogP contribution is 2.35. The number of hydrogen-bond acceptors (Lipinski definition) is 3. The van der Waals surface area contributed by atoms with E-state index in [0.29, 0.717) is 18.7 Å². The van der Waals surface area contributed by atoms with Gasteiger partial charge in [-0.15, -0.1) is 11.8 Å². The number of nitrogens with zero attached hydrogens (tertiary/aromatic N) is 1. The molecule has 0 saturated carbocycles. The number of fused-ring (bicyclic) bond motifs is 1. The van der Waals surface area contributed by atoms with Crippen molar-refractivity contribution in [3.63, 3.8) is 0 Å². The molecule has 2 aromatic carbocycles. The zero-order valence-electron chi connectivity index (χ0n) is 13.2. The molecule has 0 spiro atoms. The molecule has 1 heterocycles. The Morgan fingerprint density at radius 2 is 1.92 bits per heavy atom. The van der Waals surface area contributed by atoms with Crippen LogP contribution in [0.25, 0.3) is 0 Å². The molecule has 122 valence electrons. The first-order valence-electron chi connectivity index (χ1n) is 7.72. The highest BCUT2D eigenvalue weighted by molar-refractivity contribution is 7.99. The molecule has 0 aliphatic carbocycles. The first-order chi connectivity index (χ1) is 11.7. The average molecular weight is 338 g/mol. The lowest BCUT2D eigenvalue weighted by Crippen LogP contribution is -2.35. The molecule has 0 saturated heterocycles. The summed E-state index contributed by atoms with van der Waals surface area (Å²) in [6, 6.07) is 15.3. The fourth-order valence-corrected chi connectivity index (χ4v) is 3.56. The summed E-state index contributed by atoms with van der Waals surface area (Å²) in [6.07, 6.45) is 1.24. The van der Waals surface area contributed by atoms with E-state index < -0.39 is 0 Å². The number of carbonyl (C=O) groups is 2. The number of rotatable bonds is 4. The first kappa shape index (κ1) is 16.3. The summed E-state index contributed by atoms with van der Waals surface area (Å²) < 4.78 is 0. The normalized spacial score (nSPS) is 13.1. The van der Waals surface area contributed by atoms with Gasteiger partial charge in [0, 0.05) is 29.3 Å². The molecule has 2 aromatic rings. The van der Waals surface area contributed by atoms with Crippen LogP contribution < -0.4 is 10.2 Å². The van der Waals surface area contributed by atoms with Gasteiger partial charge in [-0.3, -0.25) is 9.59 Å².